The van der Waals surface area contributed by atoms with Crippen LogP contribution in [0, 0.1) is 17.2 Å². The normalized spacial score (nSPS) is 16.0. The van der Waals surface area contributed by atoms with E-state index >= 15 is 0 Å². The number of hydrogen-bond donors (Lipinski definition) is 1. The maximum atomic E-state index is 12.2. The van der Waals surface area contributed by atoms with Gasteiger partial charge in [-0.15, -0.1) is 0 Å². The topological polar surface area (TPSA) is 96.3 Å². The fourth-order valence-corrected chi connectivity index (χ4v) is 2.82. The minimum Gasteiger partial charge on any atom is -0.457 e. The lowest BCUT2D eigenvalue weighted by Gasteiger charge is -2.08. The van der Waals surface area contributed by atoms with Crippen molar-refractivity contribution >= 4 is 17.8 Å². The van der Waals surface area contributed by atoms with Crippen LogP contribution in [-0.2, 0) is 27.4 Å². The van der Waals surface area contributed by atoms with Gasteiger partial charge >= 0.3 is 5.97 Å². The third kappa shape index (κ3) is 3.95. The first-order valence-electron chi connectivity index (χ1n) is 8.14. The monoisotopic (exact) mass is 348 g/mol. The van der Waals surface area contributed by atoms with Gasteiger partial charge in [-0.1, -0.05) is 30.3 Å². The van der Waals surface area contributed by atoms with E-state index in [1.165, 1.54) is 0 Å². The van der Waals surface area contributed by atoms with Gasteiger partial charge in [0.1, 0.15) is 6.61 Å². The van der Waals surface area contributed by atoms with Crippen molar-refractivity contribution in [3.8, 4) is 6.07 Å². The Morgan fingerprint density at radius 3 is 2.54 bits per heavy atom. The Morgan fingerprint density at radius 2 is 1.88 bits per heavy atom. The molecular formula is C20H16N2O4. The van der Waals surface area contributed by atoms with Gasteiger partial charge in [0.25, 0.3) is 0 Å². The number of ether oxygens (including phenoxy) is 1. The summed E-state index contributed by atoms with van der Waals surface area (Å²) in [6.07, 6.45) is 0.642. The minimum atomic E-state index is -0.488. The van der Waals surface area contributed by atoms with Crippen LogP contribution in [-0.4, -0.2) is 17.8 Å². The highest BCUT2D eigenvalue weighted by molar-refractivity contribution is 6.03. The molecule has 0 aromatic heterocycles. The summed E-state index contributed by atoms with van der Waals surface area (Å²) < 4.78 is 5.26. The number of amides is 2. The summed E-state index contributed by atoms with van der Waals surface area (Å²) in [6.45, 7) is 0.0225. The minimum absolute atomic E-state index is 0.0225. The first-order chi connectivity index (χ1) is 12.6. The summed E-state index contributed by atoms with van der Waals surface area (Å²) in [5, 5.41) is 11.3. The third-order valence-electron chi connectivity index (χ3n) is 4.23. The predicted molar refractivity (Wildman–Crippen MR) is 91.7 cm³/mol. The molecule has 130 valence electrons. The molecule has 0 aliphatic carbocycles. The van der Waals surface area contributed by atoms with E-state index in [1.54, 1.807) is 48.5 Å². The van der Waals surface area contributed by atoms with E-state index in [2.05, 4.69) is 11.4 Å². The molecule has 0 saturated carbocycles. The SMILES string of the molecule is N#Cc1ccccc1COC(=O)c1ccc(CC2CC(=O)NC2=O)cc1. The lowest BCUT2D eigenvalue weighted by atomic mass is 9.97. The van der Waals surface area contributed by atoms with Crippen molar-refractivity contribution < 1.29 is 19.1 Å². The van der Waals surface area contributed by atoms with Crippen LogP contribution in [0.3, 0.4) is 0 Å². The molecule has 0 radical (unpaired) electrons. The van der Waals surface area contributed by atoms with Gasteiger partial charge in [-0.2, -0.15) is 5.26 Å². The second kappa shape index (κ2) is 7.62. The first kappa shape index (κ1) is 17.4. The Hall–Kier alpha value is -3.46. The maximum absolute atomic E-state index is 12.2. The van der Waals surface area contributed by atoms with Crippen LogP contribution in [0.5, 0.6) is 0 Å². The molecule has 1 aliphatic heterocycles. The smallest absolute Gasteiger partial charge is 0.338 e. The zero-order valence-corrected chi connectivity index (χ0v) is 13.9. The third-order valence-corrected chi connectivity index (χ3v) is 4.23. The lowest BCUT2D eigenvalue weighted by Crippen LogP contribution is -2.22. The molecule has 26 heavy (non-hydrogen) atoms. The molecule has 2 amide bonds. The summed E-state index contributed by atoms with van der Waals surface area (Å²) in [7, 11) is 0. The highest BCUT2D eigenvalue weighted by Crippen LogP contribution is 2.18. The molecule has 1 aliphatic rings. The predicted octanol–water partition coefficient (Wildman–Crippen LogP) is 2.12. The van der Waals surface area contributed by atoms with Crippen molar-refractivity contribution in [2.45, 2.75) is 19.4 Å². The standard InChI is InChI=1S/C20H16N2O4/c21-11-15-3-1-2-4-16(15)12-26-20(25)14-7-5-13(6-8-14)9-17-10-18(23)22-19(17)24/h1-8,17H,9-10,12H2,(H,22,23,24). The van der Waals surface area contributed by atoms with Crippen molar-refractivity contribution in [2.75, 3.05) is 0 Å². The Morgan fingerprint density at radius 1 is 1.15 bits per heavy atom. The van der Waals surface area contributed by atoms with Gasteiger partial charge in [-0.05, 0) is 30.2 Å². The summed E-state index contributed by atoms with van der Waals surface area (Å²) in [4.78, 5) is 35.0. The van der Waals surface area contributed by atoms with Crippen molar-refractivity contribution in [1.29, 1.82) is 5.26 Å². The van der Waals surface area contributed by atoms with Gasteiger partial charge < -0.3 is 4.74 Å². The van der Waals surface area contributed by atoms with Crippen LogP contribution < -0.4 is 5.32 Å². The van der Waals surface area contributed by atoms with E-state index < -0.39 is 5.97 Å². The molecule has 0 bridgehead atoms. The summed E-state index contributed by atoms with van der Waals surface area (Å²) in [5.41, 5.74) is 2.37. The zero-order valence-electron chi connectivity index (χ0n) is 13.9. The molecule has 1 N–H and O–H groups in total. The number of rotatable bonds is 5. The van der Waals surface area contributed by atoms with Crippen LogP contribution in [0.4, 0.5) is 0 Å². The highest BCUT2D eigenvalue weighted by Gasteiger charge is 2.30. The van der Waals surface area contributed by atoms with Crippen LogP contribution in [0.1, 0.15) is 33.5 Å². The van der Waals surface area contributed by atoms with Gasteiger partial charge in [-0.25, -0.2) is 4.79 Å². The fraction of sp³-hybridized carbons (Fsp3) is 0.200. The zero-order chi connectivity index (χ0) is 18.5. The number of carbonyl (C=O) groups is 3. The van der Waals surface area contributed by atoms with Crippen molar-refractivity contribution in [1.82, 2.24) is 5.32 Å². The second-order valence-corrected chi connectivity index (χ2v) is 6.06. The van der Waals surface area contributed by atoms with E-state index in [-0.39, 0.29) is 30.8 Å². The van der Waals surface area contributed by atoms with E-state index in [1.807, 2.05) is 0 Å². The number of benzene rings is 2. The summed E-state index contributed by atoms with van der Waals surface area (Å²) in [5.74, 6) is -1.35. The summed E-state index contributed by atoms with van der Waals surface area (Å²) in [6, 6.07) is 15.7. The molecule has 1 heterocycles. The summed E-state index contributed by atoms with van der Waals surface area (Å²) >= 11 is 0. The number of nitrogens with one attached hydrogen (secondary N) is 1. The van der Waals surface area contributed by atoms with Gasteiger partial charge in [0.2, 0.25) is 11.8 Å². The highest BCUT2D eigenvalue weighted by atomic mass is 16.5. The first-order valence-corrected chi connectivity index (χ1v) is 8.14. The van der Waals surface area contributed by atoms with E-state index in [9.17, 15) is 14.4 Å². The molecule has 1 atom stereocenters. The average molecular weight is 348 g/mol. The van der Waals surface area contributed by atoms with E-state index in [4.69, 9.17) is 10.00 Å². The van der Waals surface area contributed by atoms with Crippen LogP contribution >= 0.6 is 0 Å². The van der Waals surface area contributed by atoms with E-state index in [0.717, 1.165) is 5.56 Å². The van der Waals surface area contributed by atoms with Crippen LogP contribution in [0.2, 0.25) is 0 Å². The van der Waals surface area contributed by atoms with Crippen molar-refractivity contribution in [3.05, 3.63) is 70.8 Å². The molecule has 3 rings (SSSR count). The number of nitrogens with zero attached hydrogens (tertiary/aromatic N) is 1. The van der Waals surface area contributed by atoms with Gasteiger partial charge in [0.05, 0.1) is 23.1 Å². The second-order valence-electron chi connectivity index (χ2n) is 6.06. The van der Waals surface area contributed by atoms with Gasteiger partial charge in [0, 0.05) is 12.0 Å². The molecule has 1 saturated heterocycles. The largest absolute Gasteiger partial charge is 0.457 e. The van der Waals surface area contributed by atoms with Gasteiger partial charge in [0.15, 0.2) is 0 Å². The lowest BCUT2D eigenvalue weighted by molar-refractivity contribution is -0.125. The number of carbonyl (C=O) groups excluding carboxylic acids is 3. The van der Waals surface area contributed by atoms with Crippen LogP contribution in [0.25, 0.3) is 0 Å². The molecule has 1 unspecified atom stereocenters. The molecule has 6 nitrogen and oxygen atoms in total. The fourth-order valence-electron chi connectivity index (χ4n) is 2.82. The molecule has 1 fully saturated rings. The maximum Gasteiger partial charge on any atom is 0.338 e. The Bertz CT molecular complexity index is 897. The van der Waals surface area contributed by atoms with Crippen LogP contribution in [0.15, 0.2) is 48.5 Å². The molecule has 2 aromatic carbocycles. The number of imide groups is 1. The number of hydrogen-bond acceptors (Lipinski definition) is 5. The average Bonchev–Trinajstić information content (AvgIpc) is 2.97. The molecular weight excluding hydrogens is 332 g/mol. The quantitative estimate of drug-likeness (QED) is 0.659. The van der Waals surface area contributed by atoms with E-state index in [0.29, 0.717) is 23.1 Å². The Balaban J connectivity index is 1.59. The van der Waals surface area contributed by atoms with Crippen molar-refractivity contribution in [2.24, 2.45) is 5.92 Å². The molecule has 0 spiro atoms. The Labute approximate surface area is 150 Å². The Kier molecular flexibility index (Phi) is 5.09. The molecule has 2 aromatic rings. The van der Waals surface area contributed by atoms with Crippen molar-refractivity contribution in [3.63, 3.8) is 0 Å². The van der Waals surface area contributed by atoms with Gasteiger partial charge in [-0.3, -0.25) is 14.9 Å². The number of esters is 1. The molecule has 6 heteroatoms. The number of nitriles is 1.